The van der Waals surface area contributed by atoms with E-state index in [1.807, 2.05) is 19.1 Å². The number of rotatable bonds is 5. The summed E-state index contributed by atoms with van der Waals surface area (Å²) in [7, 11) is 0. The maximum absolute atomic E-state index is 10.6. The lowest BCUT2D eigenvalue weighted by molar-refractivity contribution is 0.0169. The van der Waals surface area contributed by atoms with Crippen molar-refractivity contribution in [3.63, 3.8) is 0 Å². The fourth-order valence-corrected chi connectivity index (χ4v) is 2.19. The predicted octanol–water partition coefficient (Wildman–Crippen LogP) is 3.49. The van der Waals surface area contributed by atoms with Gasteiger partial charge in [0.05, 0.1) is 5.60 Å². The molecule has 16 heavy (non-hydrogen) atoms. The Hall–Kier alpha value is -1.02. The van der Waals surface area contributed by atoms with E-state index in [4.69, 9.17) is 0 Å². The molecule has 0 aromatic heterocycles. The first-order valence-corrected chi connectivity index (χ1v) is 6.06. The van der Waals surface area contributed by atoms with Crippen LogP contribution < -0.4 is 0 Å². The highest BCUT2D eigenvalue weighted by atomic mass is 16.3. The summed E-state index contributed by atoms with van der Waals surface area (Å²) >= 11 is 0. The van der Waals surface area contributed by atoms with Crippen LogP contribution in [0.15, 0.2) is 18.2 Å². The molecule has 0 aliphatic carbocycles. The Morgan fingerprint density at radius 3 is 2.12 bits per heavy atom. The lowest BCUT2D eigenvalue weighted by Crippen LogP contribution is -2.25. The van der Waals surface area contributed by atoms with Crippen LogP contribution >= 0.6 is 0 Å². The van der Waals surface area contributed by atoms with Gasteiger partial charge in [-0.3, -0.25) is 0 Å². The van der Waals surface area contributed by atoms with E-state index in [1.54, 1.807) is 6.07 Å². The third kappa shape index (κ3) is 2.76. The first kappa shape index (κ1) is 13.0. The van der Waals surface area contributed by atoms with Crippen LogP contribution in [0.5, 0.6) is 5.75 Å². The van der Waals surface area contributed by atoms with Crippen LogP contribution in [0.3, 0.4) is 0 Å². The molecule has 0 atom stereocenters. The largest absolute Gasteiger partial charge is 0.508 e. The van der Waals surface area contributed by atoms with Crippen LogP contribution in [0.1, 0.15) is 50.7 Å². The van der Waals surface area contributed by atoms with Crippen LogP contribution in [-0.4, -0.2) is 10.2 Å². The molecule has 0 amide bonds. The van der Waals surface area contributed by atoms with Crippen molar-refractivity contribution in [1.82, 2.24) is 0 Å². The summed E-state index contributed by atoms with van der Waals surface area (Å²) in [4.78, 5) is 0. The van der Waals surface area contributed by atoms with Crippen molar-refractivity contribution in [2.24, 2.45) is 0 Å². The number of hydrogen-bond donors (Lipinski definition) is 2. The topological polar surface area (TPSA) is 40.5 Å². The monoisotopic (exact) mass is 222 g/mol. The average Bonchev–Trinajstić information content (AvgIpc) is 2.22. The smallest absolute Gasteiger partial charge is 0.118 e. The third-order valence-corrected chi connectivity index (χ3v) is 3.06. The molecule has 1 aromatic carbocycles. The van der Waals surface area contributed by atoms with Crippen molar-refractivity contribution >= 4 is 0 Å². The van der Waals surface area contributed by atoms with E-state index in [-0.39, 0.29) is 0 Å². The van der Waals surface area contributed by atoms with Gasteiger partial charge in [0.1, 0.15) is 5.75 Å². The molecule has 0 unspecified atom stereocenters. The van der Waals surface area contributed by atoms with Gasteiger partial charge in [0.15, 0.2) is 0 Å². The minimum absolute atomic E-state index is 0.291. The molecule has 0 aliphatic rings. The highest BCUT2D eigenvalue weighted by Crippen LogP contribution is 2.33. The Balaban J connectivity index is 3.05. The van der Waals surface area contributed by atoms with Gasteiger partial charge in [0.2, 0.25) is 0 Å². The normalized spacial score (nSPS) is 11.8. The predicted molar refractivity (Wildman–Crippen MR) is 66.6 cm³/mol. The molecule has 2 nitrogen and oxygen atoms in total. The minimum Gasteiger partial charge on any atom is -0.508 e. The Kier molecular flexibility index (Phi) is 4.36. The summed E-state index contributed by atoms with van der Waals surface area (Å²) in [5, 5.41) is 20.1. The highest BCUT2D eigenvalue weighted by molar-refractivity contribution is 5.37. The van der Waals surface area contributed by atoms with E-state index in [0.29, 0.717) is 5.75 Å². The summed E-state index contributed by atoms with van der Waals surface area (Å²) in [5.41, 5.74) is 1.01. The van der Waals surface area contributed by atoms with Gasteiger partial charge in [-0.15, -0.1) is 0 Å². The van der Waals surface area contributed by atoms with Crippen molar-refractivity contribution in [2.75, 3.05) is 0 Å². The lowest BCUT2D eigenvalue weighted by Gasteiger charge is -2.28. The van der Waals surface area contributed by atoms with Crippen molar-refractivity contribution < 1.29 is 10.2 Å². The standard InChI is InChI=1S/C14H22O2/c1-4-8-14(16,9-5-2)12-6-7-13(15)11(3)10-12/h6-7,10,15-16H,4-5,8-9H2,1-3H3. The first-order valence-electron chi connectivity index (χ1n) is 6.06. The molecule has 0 saturated heterocycles. The Morgan fingerprint density at radius 2 is 1.69 bits per heavy atom. The molecule has 2 heteroatoms. The number of aryl methyl sites for hydroxylation is 1. The molecule has 0 saturated carbocycles. The summed E-state index contributed by atoms with van der Waals surface area (Å²) in [6.45, 7) is 6.01. The maximum atomic E-state index is 10.6. The van der Waals surface area contributed by atoms with Gasteiger partial charge in [0.25, 0.3) is 0 Å². The summed E-state index contributed by atoms with van der Waals surface area (Å²) < 4.78 is 0. The van der Waals surface area contributed by atoms with Crippen LogP contribution in [0.2, 0.25) is 0 Å². The van der Waals surface area contributed by atoms with E-state index >= 15 is 0 Å². The summed E-state index contributed by atoms with van der Waals surface area (Å²) in [5.74, 6) is 0.291. The quantitative estimate of drug-likeness (QED) is 0.800. The molecule has 90 valence electrons. The molecule has 0 aliphatic heterocycles. The zero-order chi connectivity index (χ0) is 12.2. The SMILES string of the molecule is CCCC(O)(CCC)c1ccc(O)c(C)c1. The van der Waals surface area contributed by atoms with E-state index < -0.39 is 5.60 Å². The van der Waals surface area contributed by atoms with E-state index in [0.717, 1.165) is 36.8 Å². The fraction of sp³-hybridized carbons (Fsp3) is 0.571. The van der Waals surface area contributed by atoms with Gasteiger partial charge in [-0.1, -0.05) is 32.8 Å². The second-order valence-electron chi connectivity index (χ2n) is 4.53. The third-order valence-electron chi connectivity index (χ3n) is 3.06. The van der Waals surface area contributed by atoms with Crippen molar-refractivity contribution in [3.8, 4) is 5.75 Å². The average molecular weight is 222 g/mol. The molecule has 0 radical (unpaired) electrons. The van der Waals surface area contributed by atoms with Crippen LogP contribution in [0.4, 0.5) is 0 Å². The molecular formula is C14H22O2. The minimum atomic E-state index is -0.734. The molecule has 0 heterocycles. The zero-order valence-electron chi connectivity index (χ0n) is 10.5. The number of hydrogen-bond acceptors (Lipinski definition) is 2. The second-order valence-corrected chi connectivity index (χ2v) is 4.53. The summed E-state index contributed by atoms with van der Waals surface area (Å²) in [6.07, 6.45) is 3.45. The molecule has 0 bridgehead atoms. The van der Waals surface area contributed by atoms with E-state index in [1.165, 1.54) is 0 Å². The van der Waals surface area contributed by atoms with E-state index in [9.17, 15) is 10.2 Å². The highest BCUT2D eigenvalue weighted by Gasteiger charge is 2.27. The molecule has 0 spiro atoms. The number of phenolic OH excluding ortho intramolecular Hbond substituents is 1. The number of aliphatic hydroxyl groups is 1. The molecule has 1 rings (SSSR count). The number of phenols is 1. The Morgan fingerprint density at radius 1 is 1.12 bits per heavy atom. The Bertz CT molecular complexity index is 339. The van der Waals surface area contributed by atoms with Gasteiger partial charge in [-0.25, -0.2) is 0 Å². The van der Waals surface area contributed by atoms with Crippen molar-refractivity contribution in [3.05, 3.63) is 29.3 Å². The van der Waals surface area contributed by atoms with E-state index in [2.05, 4.69) is 13.8 Å². The molecular weight excluding hydrogens is 200 g/mol. The van der Waals surface area contributed by atoms with Crippen molar-refractivity contribution in [2.45, 2.75) is 52.1 Å². The van der Waals surface area contributed by atoms with Gasteiger partial charge < -0.3 is 10.2 Å². The first-order chi connectivity index (χ1) is 7.53. The molecule has 2 N–H and O–H groups in total. The number of benzene rings is 1. The molecule has 0 fully saturated rings. The second kappa shape index (κ2) is 5.35. The summed E-state index contributed by atoms with van der Waals surface area (Å²) in [6, 6.07) is 5.38. The van der Waals surface area contributed by atoms with Crippen LogP contribution in [0.25, 0.3) is 0 Å². The van der Waals surface area contributed by atoms with Gasteiger partial charge in [-0.05, 0) is 43.0 Å². The Labute approximate surface area is 97.9 Å². The van der Waals surface area contributed by atoms with Crippen LogP contribution in [0, 0.1) is 6.92 Å². The van der Waals surface area contributed by atoms with Gasteiger partial charge in [-0.2, -0.15) is 0 Å². The number of aromatic hydroxyl groups is 1. The van der Waals surface area contributed by atoms with Crippen molar-refractivity contribution in [1.29, 1.82) is 0 Å². The van der Waals surface area contributed by atoms with Gasteiger partial charge in [0, 0.05) is 0 Å². The maximum Gasteiger partial charge on any atom is 0.118 e. The zero-order valence-corrected chi connectivity index (χ0v) is 10.5. The lowest BCUT2D eigenvalue weighted by atomic mass is 9.84. The molecule has 1 aromatic rings. The van der Waals surface area contributed by atoms with Gasteiger partial charge >= 0.3 is 0 Å². The fourth-order valence-electron chi connectivity index (χ4n) is 2.19. The van der Waals surface area contributed by atoms with Crippen LogP contribution in [-0.2, 0) is 5.60 Å².